The fourth-order valence-electron chi connectivity index (χ4n) is 1.29. The minimum atomic E-state index is -0.687. The molecule has 0 aliphatic heterocycles. The Morgan fingerprint density at radius 1 is 1.50 bits per heavy atom. The molecule has 16 heavy (non-hydrogen) atoms. The standard InChI is InChI=1S/C10H9NO5/c1-6(13)8-3-7(5-12)10(16-2)4-9(8)11(14)15/h3-5H,1-2H3. The SMILES string of the molecule is COc1cc([N+](=O)[O-])c(C(C)=O)cc1C=O. The number of Topliss-reactive ketones (excluding diaryl/α,β-unsaturated/α-hetero) is 1. The Morgan fingerprint density at radius 2 is 2.12 bits per heavy atom. The van der Waals surface area contributed by atoms with E-state index in [9.17, 15) is 19.7 Å². The molecule has 6 heteroatoms. The molecule has 0 amide bonds. The molecule has 0 aliphatic carbocycles. The summed E-state index contributed by atoms with van der Waals surface area (Å²) in [5.74, 6) is -0.399. The second kappa shape index (κ2) is 4.52. The molecule has 0 saturated carbocycles. The van der Waals surface area contributed by atoms with Gasteiger partial charge in [0, 0.05) is 0 Å². The molecular formula is C10H9NO5. The second-order valence-electron chi connectivity index (χ2n) is 3.04. The van der Waals surface area contributed by atoms with Crippen LogP contribution in [-0.4, -0.2) is 24.1 Å². The predicted octanol–water partition coefficient (Wildman–Crippen LogP) is 1.62. The van der Waals surface area contributed by atoms with Crippen LogP contribution in [0.4, 0.5) is 5.69 Å². The van der Waals surface area contributed by atoms with Crippen molar-refractivity contribution in [3.8, 4) is 5.75 Å². The number of ether oxygens (including phenoxy) is 1. The normalized spacial score (nSPS) is 9.62. The number of carbonyl (C=O) groups excluding carboxylic acids is 2. The summed E-state index contributed by atoms with van der Waals surface area (Å²) in [4.78, 5) is 31.9. The summed E-state index contributed by atoms with van der Waals surface area (Å²) in [6.45, 7) is 1.20. The molecule has 0 aromatic heterocycles. The van der Waals surface area contributed by atoms with E-state index in [0.717, 1.165) is 12.1 Å². The molecule has 6 nitrogen and oxygen atoms in total. The van der Waals surface area contributed by atoms with Gasteiger partial charge in [0.15, 0.2) is 12.1 Å². The molecule has 84 valence electrons. The maximum Gasteiger partial charge on any atom is 0.283 e. The number of rotatable bonds is 4. The Kier molecular flexibility index (Phi) is 3.34. The molecule has 0 fully saturated rings. The molecular weight excluding hydrogens is 214 g/mol. The predicted molar refractivity (Wildman–Crippen MR) is 55.0 cm³/mol. The maximum absolute atomic E-state index is 11.2. The van der Waals surface area contributed by atoms with E-state index >= 15 is 0 Å². The highest BCUT2D eigenvalue weighted by molar-refractivity contribution is 6.00. The number of hydrogen-bond acceptors (Lipinski definition) is 5. The van der Waals surface area contributed by atoms with E-state index in [1.165, 1.54) is 14.0 Å². The van der Waals surface area contributed by atoms with Gasteiger partial charge in [0.2, 0.25) is 0 Å². The van der Waals surface area contributed by atoms with E-state index in [-0.39, 0.29) is 22.6 Å². The molecule has 1 rings (SSSR count). The van der Waals surface area contributed by atoms with Crippen molar-refractivity contribution >= 4 is 17.8 Å². The lowest BCUT2D eigenvalue weighted by Crippen LogP contribution is -2.03. The van der Waals surface area contributed by atoms with Gasteiger partial charge in [-0.1, -0.05) is 0 Å². The number of methoxy groups -OCH3 is 1. The minimum Gasteiger partial charge on any atom is -0.496 e. The summed E-state index contributed by atoms with van der Waals surface area (Å²) in [5.41, 5.74) is -0.360. The van der Waals surface area contributed by atoms with Crippen molar-refractivity contribution in [2.24, 2.45) is 0 Å². The average molecular weight is 223 g/mol. The molecule has 1 aromatic rings. The summed E-state index contributed by atoms with van der Waals surface area (Å²) in [6.07, 6.45) is 0.481. The number of benzene rings is 1. The zero-order valence-corrected chi connectivity index (χ0v) is 8.72. The van der Waals surface area contributed by atoms with E-state index < -0.39 is 10.7 Å². The van der Waals surface area contributed by atoms with Crippen LogP contribution in [0.2, 0.25) is 0 Å². The lowest BCUT2D eigenvalue weighted by atomic mass is 10.1. The van der Waals surface area contributed by atoms with Gasteiger partial charge in [-0.3, -0.25) is 19.7 Å². The van der Waals surface area contributed by atoms with Gasteiger partial charge in [-0.25, -0.2) is 0 Å². The van der Waals surface area contributed by atoms with E-state index in [0.29, 0.717) is 6.29 Å². The van der Waals surface area contributed by atoms with Gasteiger partial charge in [-0.2, -0.15) is 0 Å². The molecule has 0 atom stereocenters. The highest BCUT2D eigenvalue weighted by atomic mass is 16.6. The summed E-state index contributed by atoms with van der Waals surface area (Å²) in [5, 5.41) is 10.7. The molecule has 0 heterocycles. The van der Waals surface area contributed by atoms with Crippen LogP contribution in [0.15, 0.2) is 12.1 Å². The van der Waals surface area contributed by atoms with Crippen LogP contribution in [0.1, 0.15) is 27.6 Å². The van der Waals surface area contributed by atoms with Gasteiger partial charge in [0.25, 0.3) is 5.69 Å². The molecule has 0 saturated heterocycles. The Labute approximate surface area is 91.0 Å². The molecule has 0 bridgehead atoms. The number of aldehydes is 1. The molecule has 0 unspecified atom stereocenters. The van der Waals surface area contributed by atoms with Crippen molar-refractivity contribution in [2.75, 3.05) is 7.11 Å². The van der Waals surface area contributed by atoms with E-state index in [4.69, 9.17) is 4.74 Å². The average Bonchev–Trinajstić information content (AvgIpc) is 2.26. The van der Waals surface area contributed by atoms with Crippen LogP contribution < -0.4 is 4.74 Å². The lowest BCUT2D eigenvalue weighted by molar-refractivity contribution is -0.385. The zero-order chi connectivity index (χ0) is 12.3. The topological polar surface area (TPSA) is 86.5 Å². The molecule has 0 aliphatic rings. The van der Waals surface area contributed by atoms with Crippen molar-refractivity contribution < 1.29 is 19.2 Å². The van der Waals surface area contributed by atoms with Crippen LogP contribution in [0.5, 0.6) is 5.75 Å². The van der Waals surface area contributed by atoms with Gasteiger partial charge >= 0.3 is 0 Å². The third-order valence-electron chi connectivity index (χ3n) is 2.05. The fraction of sp³-hybridized carbons (Fsp3) is 0.200. The molecule has 0 radical (unpaired) electrons. The number of nitro benzene ring substituents is 1. The fourth-order valence-corrected chi connectivity index (χ4v) is 1.29. The van der Waals surface area contributed by atoms with Crippen LogP contribution in [0.25, 0.3) is 0 Å². The number of carbonyl (C=O) groups is 2. The van der Waals surface area contributed by atoms with Gasteiger partial charge in [0.05, 0.1) is 29.2 Å². The highest BCUT2D eigenvalue weighted by Gasteiger charge is 2.21. The first-order chi connectivity index (χ1) is 7.51. The minimum absolute atomic E-state index is 0.0756. The first kappa shape index (κ1) is 11.8. The number of ketones is 1. The van der Waals surface area contributed by atoms with Crippen LogP contribution in [0.3, 0.4) is 0 Å². The Balaban J connectivity index is 3.53. The maximum atomic E-state index is 11.2. The van der Waals surface area contributed by atoms with E-state index in [1.54, 1.807) is 0 Å². The highest BCUT2D eigenvalue weighted by Crippen LogP contribution is 2.28. The first-order valence-corrected chi connectivity index (χ1v) is 4.33. The summed E-state index contributed by atoms with van der Waals surface area (Å²) >= 11 is 0. The van der Waals surface area contributed by atoms with Crippen LogP contribution in [-0.2, 0) is 0 Å². The third-order valence-corrected chi connectivity index (χ3v) is 2.05. The molecule has 1 aromatic carbocycles. The summed E-state index contributed by atoms with van der Waals surface area (Å²) < 4.78 is 4.81. The Bertz CT molecular complexity index is 467. The van der Waals surface area contributed by atoms with Gasteiger partial charge in [0.1, 0.15) is 5.75 Å². The molecule has 0 N–H and O–H groups in total. The van der Waals surface area contributed by atoms with Gasteiger partial charge in [-0.05, 0) is 13.0 Å². The first-order valence-electron chi connectivity index (χ1n) is 4.33. The van der Waals surface area contributed by atoms with Crippen molar-refractivity contribution in [1.82, 2.24) is 0 Å². The third kappa shape index (κ3) is 2.05. The van der Waals surface area contributed by atoms with Crippen molar-refractivity contribution in [3.05, 3.63) is 33.4 Å². The lowest BCUT2D eigenvalue weighted by Gasteiger charge is -2.05. The number of hydrogen-bond donors (Lipinski definition) is 0. The van der Waals surface area contributed by atoms with Gasteiger partial charge < -0.3 is 4.74 Å². The summed E-state index contributed by atoms with van der Waals surface area (Å²) in [7, 11) is 1.29. The van der Waals surface area contributed by atoms with Crippen molar-refractivity contribution in [1.29, 1.82) is 0 Å². The largest absolute Gasteiger partial charge is 0.496 e. The van der Waals surface area contributed by atoms with E-state index in [1.807, 2.05) is 0 Å². The van der Waals surface area contributed by atoms with Crippen LogP contribution >= 0.6 is 0 Å². The van der Waals surface area contributed by atoms with Crippen molar-refractivity contribution in [2.45, 2.75) is 6.92 Å². The number of nitro groups is 1. The quantitative estimate of drug-likeness (QED) is 0.335. The monoisotopic (exact) mass is 223 g/mol. The zero-order valence-electron chi connectivity index (χ0n) is 8.72. The summed E-state index contributed by atoms with van der Waals surface area (Å²) in [6, 6.07) is 2.23. The molecule has 0 spiro atoms. The van der Waals surface area contributed by atoms with E-state index in [2.05, 4.69) is 0 Å². The smallest absolute Gasteiger partial charge is 0.283 e. The Hall–Kier alpha value is -2.24. The Morgan fingerprint density at radius 3 is 2.50 bits per heavy atom. The van der Waals surface area contributed by atoms with Gasteiger partial charge in [-0.15, -0.1) is 0 Å². The van der Waals surface area contributed by atoms with Crippen molar-refractivity contribution in [3.63, 3.8) is 0 Å². The number of nitrogens with zero attached hydrogens (tertiary/aromatic N) is 1. The van der Waals surface area contributed by atoms with Crippen LogP contribution in [0, 0.1) is 10.1 Å². The second-order valence-corrected chi connectivity index (χ2v) is 3.04.